The van der Waals surface area contributed by atoms with Crippen molar-refractivity contribution in [2.75, 3.05) is 39.9 Å². The summed E-state index contributed by atoms with van der Waals surface area (Å²) in [4.78, 5) is 43.4. The van der Waals surface area contributed by atoms with Crippen molar-refractivity contribution in [1.29, 1.82) is 0 Å². The lowest BCUT2D eigenvalue weighted by Gasteiger charge is -2.59. The number of aliphatic hydroxyl groups is 1. The topological polar surface area (TPSA) is 184 Å². The highest BCUT2D eigenvalue weighted by Crippen LogP contribution is 2.63. The number of thioether (sulfide) groups is 1. The van der Waals surface area contributed by atoms with E-state index in [0.717, 1.165) is 36.0 Å². The summed E-state index contributed by atoms with van der Waals surface area (Å²) in [7, 11) is 3.05. The number of hydrogen-bond acceptors (Lipinski definition) is 16. The number of aromatic hydroxyl groups is 1. The number of rotatable bonds is 18. The molecule has 3 aromatic rings. The van der Waals surface area contributed by atoms with Crippen molar-refractivity contribution >= 4 is 29.7 Å². The van der Waals surface area contributed by atoms with Gasteiger partial charge < -0.3 is 48.7 Å². The lowest BCUT2D eigenvalue weighted by Crippen LogP contribution is -2.69. The van der Waals surface area contributed by atoms with Crippen molar-refractivity contribution in [3.63, 3.8) is 0 Å². The van der Waals surface area contributed by atoms with E-state index in [9.17, 15) is 19.8 Å². The van der Waals surface area contributed by atoms with Gasteiger partial charge in [-0.25, -0.2) is 4.79 Å². The Labute approximate surface area is 415 Å². The molecule has 7 heterocycles. The molecule has 70 heavy (non-hydrogen) atoms. The van der Waals surface area contributed by atoms with Gasteiger partial charge in [0.2, 0.25) is 6.79 Å². The largest absolute Gasteiger partial charge is 0.504 e. The molecule has 3 aromatic carbocycles. The number of methoxy groups -OCH3 is 2. The Kier molecular flexibility index (Phi) is 15.5. The van der Waals surface area contributed by atoms with Gasteiger partial charge in [-0.3, -0.25) is 19.8 Å². The van der Waals surface area contributed by atoms with Crippen LogP contribution < -0.4 is 39.1 Å². The molecule has 1 unspecified atom stereocenters. The standard InChI is InChI=1S/C54H71N3O12S/c1-7-8-9-10-11-12-13-14-15-16-17-18-19-20-40(59)69-39-25-33-21-22-55-54(35(33)26-38(39)63-5)28-70-51-43-42(50-49(66-29-67-50)31(3)48(43)68-32(4)58)37(27-65-53(54)62)57-45(51)44-41-34(24-36(56-44)52(57)61)23-30(2)47(64-6)46(41)60/h23,25-26,36-37,44-45,51-52,55-56,60-61H,7-22,24,27-29H2,1-6H3/t36-,37+,44+,45?,51-,52+,54-/m1/s1. The average Bonchev–Trinajstić information content (AvgIpc) is 3.84. The van der Waals surface area contributed by atoms with Crippen molar-refractivity contribution in [1.82, 2.24) is 15.5 Å². The Morgan fingerprint density at radius 1 is 0.843 bits per heavy atom. The molecule has 2 saturated heterocycles. The number of fused-ring (bicyclic) bond motifs is 9. The lowest BCUT2D eigenvalue weighted by atomic mass is 9.74. The summed E-state index contributed by atoms with van der Waals surface area (Å²) in [6.45, 7) is 7.46. The first kappa shape index (κ1) is 50.2. The van der Waals surface area contributed by atoms with Crippen LogP contribution in [0.3, 0.4) is 0 Å². The minimum Gasteiger partial charge on any atom is -0.504 e. The van der Waals surface area contributed by atoms with Crippen LogP contribution in [0.15, 0.2) is 18.2 Å². The Morgan fingerprint density at radius 3 is 2.23 bits per heavy atom. The normalized spacial score (nSPS) is 25.0. The molecule has 0 saturated carbocycles. The number of benzene rings is 3. The summed E-state index contributed by atoms with van der Waals surface area (Å²) < 4.78 is 42.6. The third-order valence-corrected chi connectivity index (χ3v) is 16.9. The van der Waals surface area contributed by atoms with Crippen molar-refractivity contribution in [3.05, 3.63) is 62.7 Å². The average molecular weight is 986 g/mol. The van der Waals surface area contributed by atoms with Crippen LogP contribution in [0.25, 0.3) is 0 Å². The zero-order valence-electron chi connectivity index (χ0n) is 41.7. The first-order chi connectivity index (χ1) is 33.9. The molecule has 380 valence electrons. The quantitative estimate of drug-likeness (QED) is 0.0539. The lowest BCUT2D eigenvalue weighted by molar-refractivity contribution is -0.164. The summed E-state index contributed by atoms with van der Waals surface area (Å²) in [5, 5.41) is 31.2. The molecule has 0 amide bonds. The fourth-order valence-electron chi connectivity index (χ4n) is 12.1. The molecule has 0 radical (unpaired) electrons. The molecule has 2 fully saturated rings. The van der Waals surface area contributed by atoms with E-state index in [0.29, 0.717) is 88.1 Å². The Bertz CT molecular complexity index is 2460. The number of carbonyl (C=O) groups excluding carboxylic acids is 3. The van der Waals surface area contributed by atoms with Gasteiger partial charge in [-0.2, -0.15) is 0 Å². The van der Waals surface area contributed by atoms with Gasteiger partial charge in [-0.1, -0.05) is 90.0 Å². The Balaban J connectivity index is 1.01. The van der Waals surface area contributed by atoms with Crippen LogP contribution in [0.2, 0.25) is 0 Å². The molecule has 0 aromatic heterocycles. The summed E-state index contributed by atoms with van der Waals surface area (Å²) in [5.41, 5.74) is 4.23. The molecule has 4 N–H and O–H groups in total. The number of nitrogens with one attached hydrogen (secondary N) is 2. The van der Waals surface area contributed by atoms with E-state index in [1.165, 1.54) is 97.1 Å². The fourth-order valence-corrected chi connectivity index (χ4v) is 13.8. The zero-order valence-corrected chi connectivity index (χ0v) is 42.5. The first-order valence-corrected chi connectivity index (χ1v) is 26.7. The molecule has 10 rings (SSSR count). The van der Waals surface area contributed by atoms with Gasteiger partial charge in [0.05, 0.1) is 37.6 Å². The summed E-state index contributed by atoms with van der Waals surface area (Å²) in [6.07, 6.45) is 16.0. The van der Waals surface area contributed by atoms with Crippen LogP contribution in [-0.2, 0) is 37.5 Å². The SMILES string of the molecule is CCCCCCCCCCCCCCCC(=O)Oc1cc2c(cc1OC)[C@@]1(CS[C@@H]3c4c(OC(C)=O)c(C)c5c(c4[C@H](COC1=O)N1C3[C@H]3N[C@H](Cc4cc(C)c(OC)c(O)c43)[C@@H]1O)OCO5)NCC2. The van der Waals surface area contributed by atoms with Gasteiger partial charge in [-0.15, -0.1) is 11.8 Å². The van der Waals surface area contributed by atoms with Crippen molar-refractivity contribution in [2.45, 2.75) is 172 Å². The number of phenolic OH excluding ortho intramolecular Hbond substituents is 1. The van der Waals surface area contributed by atoms with E-state index < -0.39 is 53.1 Å². The number of phenols is 1. The molecule has 7 aliphatic rings. The van der Waals surface area contributed by atoms with E-state index in [1.54, 1.807) is 6.07 Å². The van der Waals surface area contributed by atoms with Crippen LogP contribution in [-0.4, -0.2) is 91.2 Å². The van der Waals surface area contributed by atoms with Gasteiger partial charge in [-0.05, 0) is 67.5 Å². The molecular formula is C54H71N3O12S. The number of esters is 3. The Morgan fingerprint density at radius 2 is 1.54 bits per heavy atom. The predicted octanol–water partition coefficient (Wildman–Crippen LogP) is 8.75. The second-order valence-corrected chi connectivity index (χ2v) is 21.1. The highest BCUT2D eigenvalue weighted by atomic mass is 32.2. The molecule has 16 heteroatoms. The van der Waals surface area contributed by atoms with E-state index in [4.69, 9.17) is 33.2 Å². The van der Waals surface area contributed by atoms with Crippen molar-refractivity contribution < 1.29 is 57.8 Å². The summed E-state index contributed by atoms with van der Waals surface area (Å²) in [5.74, 6) is 0.936. The van der Waals surface area contributed by atoms with E-state index in [-0.39, 0.29) is 30.9 Å². The first-order valence-electron chi connectivity index (χ1n) is 25.6. The zero-order chi connectivity index (χ0) is 49.3. The van der Waals surface area contributed by atoms with Gasteiger partial charge >= 0.3 is 17.9 Å². The van der Waals surface area contributed by atoms with Gasteiger partial charge in [0.1, 0.15) is 18.6 Å². The van der Waals surface area contributed by atoms with Crippen LogP contribution in [0.1, 0.15) is 166 Å². The molecule has 7 aliphatic heterocycles. The monoisotopic (exact) mass is 985 g/mol. The maximum absolute atomic E-state index is 15.1. The molecule has 1 spiro atoms. The number of aliphatic hydroxyl groups excluding tert-OH is 1. The smallest absolute Gasteiger partial charge is 0.331 e. The summed E-state index contributed by atoms with van der Waals surface area (Å²) >= 11 is 1.46. The van der Waals surface area contributed by atoms with Crippen LogP contribution >= 0.6 is 11.8 Å². The van der Waals surface area contributed by atoms with Crippen LogP contribution in [0, 0.1) is 13.8 Å². The van der Waals surface area contributed by atoms with E-state index in [2.05, 4.69) is 17.6 Å². The van der Waals surface area contributed by atoms with Crippen LogP contribution in [0.5, 0.6) is 40.2 Å². The molecule has 15 nitrogen and oxygen atoms in total. The molecular weight excluding hydrogens is 915 g/mol. The second kappa shape index (κ2) is 21.5. The fraction of sp³-hybridized carbons (Fsp3) is 0.611. The van der Waals surface area contributed by atoms with Crippen LogP contribution in [0.4, 0.5) is 0 Å². The van der Waals surface area contributed by atoms with E-state index in [1.807, 2.05) is 30.9 Å². The number of piperazine rings is 1. The minimum atomic E-state index is -1.41. The third kappa shape index (κ3) is 9.31. The second-order valence-electron chi connectivity index (χ2n) is 19.9. The number of nitrogens with zero attached hydrogens (tertiary/aromatic N) is 1. The number of unbranched alkanes of at least 4 members (excludes halogenated alkanes) is 12. The van der Waals surface area contributed by atoms with E-state index >= 15 is 4.79 Å². The molecule has 7 atom stereocenters. The maximum Gasteiger partial charge on any atom is 0.331 e. The van der Waals surface area contributed by atoms with Crippen molar-refractivity contribution in [2.24, 2.45) is 0 Å². The number of aryl methyl sites for hydroxylation is 1. The highest BCUT2D eigenvalue weighted by molar-refractivity contribution is 7.99. The molecule has 0 aliphatic carbocycles. The van der Waals surface area contributed by atoms with Crippen molar-refractivity contribution in [3.8, 4) is 40.2 Å². The number of carbonyl (C=O) groups is 3. The third-order valence-electron chi connectivity index (χ3n) is 15.5. The predicted molar refractivity (Wildman–Crippen MR) is 264 cm³/mol. The van der Waals surface area contributed by atoms with Gasteiger partial charge in [0.15, 0.2) is 40.0 Å². The number of ether oxygens (including phenoxy) is 7. The molecule has 4 bridgehead atoms. The minimum absolute atomic E-state index is 0.0174. The highest BCUT2D eigenvalue weighted by Gasteiger charge is 2.60. The summed E-state index contributed by atoms with van der Waals surface area (Å²) in [6, 6.07) is 3.18. The van der Waals surface area contributed by atoms with Gasteiger partial charge in [0.25, 0.3) is 0 Å². The number of hydrogen-bond donors (Lipinski definition) is 4. The maximum atomic E-state index is 15.1. The van der Waals surface area contributed by atoms with Gasteiger partial charge in [0, 0.05) is 53.9 Å². The Hall–Kier alpha value is -4.74.